The van der Waals surface area contributed by atoms with Gasteiger partial charge in [0.05, 0.1) is 6.20 Å². The van der Waals surface area contributed by atoms with Crippen molar-refractivity contribution in [3.8, 4) is 28.4 Å². The number of carbonyl (C=O) groups is 2. The predicted octanol–water partition coefficient (Wildman–Crippen LogP) is 7.85. The van der Waals surface area contributed by atoms with Crippen LogP contribution in [0.15, 0.2) is 135 Å². The van der Waals surface area contributed by atoms with Crippen LogP contribution in [0.25, 0.3) is 11.1 Å². The first-order chi connectivity index (χ1) is 24.0. The van der Waals surface area contributed by atoms with Crippen molar-refractivity contribution in [3.05, 3.63) is 168 Å². The molecule has 7 nitrogen and oxygen atoms in total. The monoisotopic (exact) mass is 647 g/mol. The van der Waals surface area contributed by atoms with Gasteiger partial charge >= 0.3 is 0 Å². The largest absolute Gasteiger partial charge is 0.489 e. The summed E-state index contributed by atoms with van der Waals surface area (Å²) in [6.45, 7) is 10.0. The van der Waals surface area contributed by atoms with E-state index in [9.17, 15) is 9.59 Å². The SMILES string of the molecule is C=CC(=O)N1CCc2cc(Oc3cnccc3-c3cccc(COc4ccc5c(c4)CN(C(=O)C=C)C[C@H]5c4ccccc4)c3)ccc2C1. The van der Waals surface area contributed by atoms with Gasteiger partial charge in [-0.1, -0.05) is 73.8 Å². The highest BCUT2D eigenvalue weighted by atomic mass is 16.5. The van der Waals surface area contributed by atoms with Gasteiger partial charge in [0.15, 0.2) is 5.75 Å². The highest BCUT2D eigenvalue weighted by Gasteiger charge is 2.29. The zero-order chi connectivity index (χ0) is 33.7. The maximum Gasteiger partial charge on any atom is 0.246 e. The number of nitrogens with zero attached hydrogens (tertiary/aromatic N) is 3. The molecule has 49 heavy (non-hydrogen) atoms. The van der Waals surface area contributed by atoms with Gasteiger partial charge in [-0.2, -0.15) is 0 Å². The summed E-state index contributed by atoms with van der Waals surface area (Å²) in [6, 6.07) is 32.7. The number of pyridine rings is 1. The topological polar surface area (TPSA) is 72.0 Å². The zero-order valence-electron chi connectivity index (χ0n) is 27.3. The van der Waals surface area contributed by atoms with E-state index in [1.54, 1.807) is 17.3 Å². The summed E-state index contributed by atoms with van der Waals surface area (Å²) in [5.41, 5.74) is 8.67. The molecule has 1 aromatic heterocycles. The first-order valence-electron chi connectivity index (χ1n) is 16.5. The minimum atomic E-state index is -0.0749. The second-order valence-electron chi connectivity index (χ2n) is 12.4. The first kappa shape index (κ1) is 31.6. The number of fused-ring (bicyclic) bond motifs is 2. The number of rotatable bonds is 9. The van der Waals surface area contributed by atoms with Crippen LogP contribution in [0.4, 0.5) is 0 Å². The fourth-order valence-electron chi connectivity index (χ4n) is 6.74. The molecule has 0 spiro atoms. The van der Waals surface area contributed by atoms with Gasteiger partial charge in [0, 0.05) is 43.9 Å². The molecule has 3 heterocycles. The highest BCUT2D eigenvalue weighted by molar-refractivity contribution is 5.87. The number of carbonyl (C=O) groups excluding carboxylic acids is 2. The van der Waals surface area contributed by atoms with Crippen LogP contribution in [0.2, 0.25) is 0 Å². The van der Waals surface area contributed by atoms with Gasteiger partial charge in [0.2, 0.25) is 11.8 Å². The van der Waals surface area contributed by atoms with E-state index in [4.69, 9.17) is 9.47 Å². The lowest BCUT2D eigenvalue weighted by Gasteiger charge is -2.34. The van der Waals surface area contributed by atoms with Gasteiger partial charge in [-0.25, -0.2) is 0 Å². The molecule has 0 saturated carbocycles. The molecule has 2 amide bonds. The number of benzene rings is 4. The Morgan fingerprint density at radius 2 is 1.57 bits per heavy atom. The minimum Gasteiger partial charge on any atom is -0.489 e. The number of ether oxygens (including phenoxy) is 2. The Morgan fingerprint density at radius 3 is 2.41 bits per heavy atom. The molecule has 4 aromatic carbocycles. The summed E-state index contributed by atoms with van der Waals surface area (Å²) in [5.74, 6) is 2.09. The lowest BCUT2D eigenvalue weighted by molar-refractivity contribution is -0.127. The molecule has 5 aromatic rings. The molecule has 0 aliphatic carbocycles. The third-order valence-electron chi connectivity index (χ3n) is 9.27. The van der Waals surface area contributed by atoms with Gasteiger partial charge < -0.3 is 19.3 Å². The molecule has 2 aliphatic heterocycles. The molecular formula is C42H37N3O4. The average molecular weight is 648 g/mol. The molecule has 0 fully saturated rings. The van der Waals surface area contributed by atoms with E-state index in [-0.39, 0.29) is 17.7 Å². The third-order valence-corrected chi connectivity index (χ3v) is 9.27. The molecule has 2 aliphatic rings. The van der Waals surface area contributed by atoms with E-state index >= 15 is 0 Å². The fourth-order valence-corrected chi connectivity index (χ4v) is 6.74. The maximum atomic E-state index is 12.7. The van der Waals surface area contributed by atoms with Gasteiger partial charge in [-0.15, -0.1) is 0 Å². The van der Waals surface area contributed by atoms with E-state index in [1.165, 1.54) is 28.8 Å². The quantitative estimate of drug-likeness (QED) is 0.152. The fraction of sp³-hybridized carbons (Fsp3) is 0.167. The lowest BCUT2D eigenvalue weighted by Crippen LogP contribution is -2.37. The van der Waals surface area contributed by atoms with Crippen LogP contribution in [0.5, 0.6) is 17.2 Å². The van der Waals surface area contributed by atoms with E-state index in [1.807, 2.05) is 59.5 Å². The van der Waals surface area contributed by atoms with E-state index in [0.29, 0.717) is 38.5 Å². The van der Waals surface area contributed by atoms with Crippen molar-refractivity contribution in [1.29, 1.82) is 0 Å². The Morgan fingerprint density at radius 1 is 0.796 bits per heavy atom. The lowest BCUT2D eigenvalue weighted by atomic mass is 9.84. The van der Waals surface area contributed by atoms with Gasteiger partial charge in [0.1, 0.15) is 18.1 Å². The molecule has 0 unspecified atom stereocenters. The normalized spacial score (nSPS) is 15.1. The average Bonchev–Trinajstić information content (AvgIpc) is 3.16. The molecule has 0 radical (unpaired) electrons. The van der Waals surface area contributed by atoms with Gasteiger partial charge in [0.25, 0.3) is 0 Å². The van der Waals surface area contributed by atoms with E-state index < -0.39 is 0 Å². The van der Waals surface area contributed by atoms with Crippen molar-refractivity contribution >= 4 is 11.8 Å². The standard InChI is InChI=1S/C42H37N3O4/c1-3-41(46)44-20-18-31-22-36(14-13-33(31)25-44)49-40-24-43-19-17-38(40)32-12-8-9-29(21-32)28-48-35-15-16-37-34(23-35)26-45(42(47)4-2)27-39(37)30-10-6-5-7-11-30/h3-17,19,21-24,39H,1-2,18,20,25-28H2/t39-/m0/s1. The number of aromatic nitrogens is 1. The molecule has 7 rings (SSSR count). The van der Waals surface area contributed by atoms with Crippen LogP contribution in [0.3, 0.4) is 0 Å². The van der Waals surface area contributed by atoms with Crippen molar-refractivity contribution < 1.29 is 19.1 Å². The predicted molar refractivity (Wildman–Crippen MR) is 190 cm³/mol. The molecule has 0 saturated heterocycles. The number of amides is 2. The van der Waals surface area contributed by atoms with Crippen molar-refractivity contribution in [2.24, 2.45) is 0 Å². The molecule has 0 N–H and O–H groups in total. The summed E-state index contributed by atoms with van der Waals surface area (Å²) < 4.78 is 12.7. The van der Waals surface area contributed by atoms with Crippen LogP contribution in [-0.4, -0.2) is 39.7 Å². The van der Waals surface area contributed by atoms with Crippen LogP contribution in [-0.2, 0) is 35.7 Å². The first-order valence-corrected chi connectivity index (χ1v) is 16.5. The Hall–Kier alpha value is -5.95. The Bertz CT molecular complexity index is 2040. The molecule has 244 valence electrons. The second-order valence-corrected chi connectivity index (χ2v) is 12.4. The maximum absolute atomic E-state index is 12.7. The van der Waals surface area contributed by atoms with Crippen molar-refractivity contribution in [2.75, 3.05) is 13.1 Å². The van der Waals surface area contributed by atoms with Crippen molar-refractivity contribution in [1.82, 2.24) is 14.8 Å². The van der Waals surface area contributed by atoms with Gasteiger partial charge in [-0.05, 0) is 93.9 Å². The second kappa shape index (κ2) is 14.0. The molecule has 0 bridgehead atoms. The van der Waals surface area contributed by atoms with E-state index in [2.05, 4.69) is 60.6 Å². The smallest absolute Gasteiger partial charge is 0.246 e. The minimum absolute atomic E-state index is 0.0495. The van der Waals surface area contributed by atoms with Crippen LogP contribution in [0.1, 0.15) is 39.3 Å². The number of hydrogen-bond donors (Lipinski definition) is 0. The van der Waals surface area contributed by atoms with E-state index in [0.717, 1.165) is 45.7 Å². The summed E-state index contributed by atoms with van der Waals surface area (Å²) in [7, 11) is 0. The molecule has 7 heteroatoms. The van der Waals surface area contributed by atoms with Crippen LogP contribution >= 0.6 is 0 Å². The third kappa shape index (κ3) is 6.87. The Kier molecular flexibility index (Phi) is 9.06. The van der Waals surface area contributed by atoms with Crippen molar-refractivity contribution in [2.45, 2.75) is 32.0 Å². The van der Waals surface area contributed by atoms with Crippen LogP contribution in [0, 0.1) is 0 Å². The Labute approximate surface area is 286 Å². The summed E-state index contributed by atoms with van der Waals surface area (Å²) >= 11 is 0. The molecule has 1 atom stereocenters. The summed E-state index contributed by atoms with van der Waals surface area (Å²) in [5, 5.41) is 0. The Balaban J connectivity index is 1.07. The highest BCUT2D eigenvalue weighted by Crippen LogP contribution is 2.37. The molecular weight excluding hydrogens is 610 g/mol. The summed E-state index contributed by atoms with van der Waals surface area (Å²) in [6.07, 6.45) is 7.01. The summed E-state index contributed by atoms with van der Waals surface area (Å²) in [4.78, 5) is 32.8. The van der Waals surface area contributed by atoms with Crippen LogP contribution < -0.4 is 9.47 Å². The zero-order valence-corrected chi connectivity index (χ0v) is 27.3. The van der Waals surface area contributed by atoms with Crippen molar-refractivity contribution in [3.63, 3.8) is 0 Å². The number of hydrogen-bond acceptors (Lipinski definition) is 5. The van der Waals surface area contributed by atoms with Gasteiger partial charge in [-0.3, -0.25) is 14.6 Å².